The van der Waals surface area contributed by atoms with Crippen LogP contribution in [0.25, 0.3) is 0 Å². The largest absolute Gasteiger partial charge is 0.335 e. The van der Waals surface area contributed by atoms with Crippen LogP contribution in [0.2, 0.25) is 0 Å². The van der Waals surface area contributed by atoms with E-state index < -0.39 is 0 Å². The van der Waals surface area contributed by atoms with Crippen molar-refractivity contribution in [3.05, 3.63) is 66.0 Å². The van der Waals surface area contributed by atoms with Crippen molar-refractivity contribution in [2.75, 3.05) is 7.05 Å². The maximum Gasteiger partial charge on any atom is 0.254 e. The van der Waals surface area contributed by atoms with Crippen LogP contribution in [-0.2, 0) is 0 Å². The minimum Gasteiger partial charge on any atom is -0.335 e. The fourth-order valence-electron chi connectivity index (χ4n) is 1.83. The van der Waals surface area contributed by atoms with Crippen LogP contribution in [0.4, 0.5) is 0 Å². The number of hydrogen-bond donors (Lipinski definition) is 0. The van der Waals surface area contributed by atoms with Gasteiger partial charge in [0.25, 0.3) is 5.91 Å². The van der Waals surface area contributed by atoms with Crippen LogP contribution in [0.5, 0.6) is 0 Å². The van der Waals surface area contributed by atoms with Crippen molar-refractivity contribution in [1.82, 2.24) is 9.88 Å². The van der Waals surface area contributed by atoms with Crippen molar-refractivity contribution in [2.24, 2.45) is 0 Å². The van der Waals surface area contributed by atoms with Gasteiger partial charge in [-0.05, 0) is 36.8 Å². The molecule has 0 aliphatic carbocycles. The lowest BCUT2D eigenvalue weighted by atomic mass is 10.1. The molecule has 0 saturated heterocycles. The number of amides is 1. The predicted molar refractivity (Wildman–Crippen MR) is 71.2 cm³/mol. The molecule has 0 fully saturated rings. The number of pyridine rings is 1. The van der Waals surface area contributed by atoms with Gasteiger partial charge in [-0.2, -0.15) is 0 Å². The summed E-state index contributed by atoms with van der Waals surface area (Å²) in [4.78, 5) is 18.0. The molecule has 1 heterocycles. The lowest BCUT2D eigenvalue weighted by Crippen LogP contribution is -2.29. The zero-order valence-electron chi connectivity index (χ0n) is 10.6. The molecule has 3 heteroatoms. The monoisotopic (exact) mass is 240 g/mol. The van der Waals surface area contributed by atoms with Gasteiger partial charge in [0.1, 0.15) is 0 Å². The second-order valence-corrected chi connectivity index (χ2v) is 4.24. The van der Waals surface area contributed by atoms with E-state index in [1.807, 2.05) is 56.4 Å². The third-order valence-corrected chi connectivity index (χ3v) is 3.11. The van der Waals surface area contributed by atoms with E-state index in [-0.39, 0.29) is 11.9 Å². The fraction of sp³-hybridized carbons (Fsp3) is 0.200. The standard InChI is InChI=1S/C15H16N2O/c1-12(13-8-10-16-11-9-13)17(2)15(18)14-6-4-3-5-7-14/h3-12H,1-2H3. The minimum atomic E-state index is 0.0277. The molecule has 0 aliphatic heterocycles. The summed E-state index contributed by atoms with van der Waals surface area (Å²) < 4.78 is 0. The molecule has 0 radical (unpaired) electrons. The molecule has 0 spiro atoms. The molecule has 0 aliphatic rings. The lowest BCUT2D eigenvalue weighted by molar-refractivity contribution is 0.0742. The third kappa shape index (κ3) is 2.56. The molecular weight excluding hydrogens is 224 g/mol. The first-order valence-corrected chi connectivity index (χ1v) is 5.92. The quantitative estimate of drug-likeness (QED) is 0.826. The Morgan fingerprint density at radius 2 is 1.72 bits per heavy atom. The highest BCUT2D eigenvalue weighted by Crippen LogP contribution is 2.19. The second-order valence-electron chi connectivity index (χ2n) is 4.24. The van der Waals surface area contributed by atoms with Crippen LogP contribution in [0.1, 0.15) is 28.9 Å². The molecule has 1 unspecified atom stereocenters. The molecule has 0 N–H and O–H groups in total. The number of carbonyl (C=O) groups excluding carboxylic acids is 1. The Hall–Kier alpha value is -2.16. The highest BCUT2D eigenvalue weighted by atomic mass is 16.2. The highest BCUT2D eigenvalue weighted by Gasteiger charge is 2.18. The van der Waals surface area contributed by atoms with E-state index in [1.165, 1.54) is 0 Å². The van der Waals surface area contributed by atoms with Crippen molar-refractivity contribution < 1.29 is 4.79 Å². The van der Waals surface area contributed by atoms with Gasteiger partial charge in [0, 0.05) is 25.0 Å². The zero-order chi connectivity index (χ0) is 13.0. The van der Waals surface area contributed by atoms with Crippen molar-refractivity contribution >= 4 is 5.91 Å². The maximum atomic E-state index is 12.3. The Morgan fingerprint density at radius 1 is 1.11 bits per heavy atom. The number of rotatable bonds is 3. The SMILES string of the molecule is CC(c1ccncc1)N(C)C(=O)c1ccccc1. The molecule has 2 aromatic rings. The molecular formula is C15H16N2O. The maximum absolute atomic E-state index is 12.3. The Kier molecular flexibility index (Phi) is 3.72. The number of carbonyl (C=O) groups is 1. The first kappa shape index (κ1) is 12.3. The van der Waals surface area contributed by atoms with E-state index in [1.54, 1.807) is 17.3 Å². The second kappa shape index (κ2) is 5.45. The highest BCUT2D eigenvalue weighted by molar-refractivity contribution is 5.94. The average molecular weight is 240 g/mol. The smallest absolute Gasteiger partial charge is 0.254 e. The van der Waals surface area contributed by atoms with Crippen LogP contribution >= 0.6 is 0 Å². The van der Waals surface area contributed by atoms with Gasteiger partial charge in [0.2, 0.25) is 0 Å². The van der Waals surface area contributed by atoms with Crippen LogP contribution < -0.4 is 0 Å². The molecule has 1 aromatic heterocycles. The van der Waals surface area contributed by atoms with E-state index in [4.69, 9.17) is 0 Å². The third-order valence-electron chi connectivity index (χ3n) is 3.11. The minimum absolute atomic E-state index is 0.0277. The van der Waals surface area contributed by atoms with E-state index >= 15 is 0 Å². The van der Waals surface area contributed by atoms with E-state index in [0.717, 1.165) is 5.56 Å². The summed E-state index contributed by atoms with van der Waals surface area (Å²) in [6.07, 6.45) is 3.49. The number of nitrogens with zero attached hydrogens (tertiary/aromatic N) is 2. The fourth-order valence-corrected chi connectivity index (χ4v) is 1.83. The molecule has 18 heavy (non-hydrogen) atoms. The molecule has 2 rings (SSSR count). The Labute approximate surface area is 107 Å². The molecule has 3 nitrogen and oxygen atoms in total. The van der Waals surface area contributed by atoms with Crippen molar-refractivity contribution in [2.45, 2.75) is 13.0 Å². The van der Waals surface area contributed by atoms with Gasteiger partial charge in [-0.3, -0.25) is 9.78 Å². The van der Waals surface area contributed by atoms with Gasteiger partial charge < -0.3 is 4.90 Å². The summed E-state index contributed by atoms with van der Waals surface area (Å²) >= 11 is 0. The van der Waals surface area contributed by atoms with E-state index in [0.29, 0.717) is 5.56 Å². The molecule has 1 aromatic carbocycles. The van der Waals surface area contributed by atoms with Gasteiger partial charge in [0.05, 0.1) is 6.04 Å². The summed E-state index contributed by atoms with van der Waals surface area (Å²) in [6, 6.07) is 13.2. The molecule has 0 saturated carbocycles. The van der Waals surface area contributed by atoms with Gasteiger partial charge in [-0.15, -0.1) is 0 Å². The van der Waals surface area contributed by atoms with Gasteiger partial charge >= 0.3 is 0 Å². The Balaban J connectivity index is 2.17. The molecule has 1 amide bonds. The Morgan fingerprint density at radius 3 is 2.33 bits per heavy atom. The topological polar surface area (TPSA) is 33.2 Å². The van der Waals surface area contributed by atoms with Crippen LogP contribution in [-0.4, -0.2) is 22.8 Å². The number of benzene rings is 1. The van der Waals surface area contributed by atoms with E-state index in [9.17, 15) is 4.79 Å². The summed E-state index contributed by atoms with van der Waals surface area (Å²) in [5.74, 6) is 0.0277. The number of hydrogen-bond acceptors (Lipinski definition) is 2. The van der Waals surface area contributed by atoms with Gasteiger partial charge in [-0.25, -0.2) is 0 Å². The summed E-state index contributed by atoms with van der Waals surface area (Å²) in [6.45, 7) is 2.01. The average Bonchev–Trinajstić information content (AvgIpc) is 2.47. The van der Waals surface area contributed by atoms with Crippen molar-refractivity contribution in [3.8, 4) is 0 Å². The predicted octanol–water partition coefficient (Wildman–Crippen LogP) is 2.91. The van der Waals surface area contributed by atoms with Gasteiger partial charge in [-0.1, -0.05) is 18.2 Å². The lowest BCUT2D eigenvalue weighted by Gasteiger charge is -2.25. The van der Waals surface area contributed by atoms with Crippen molar-refractivity contribution in [3.63, 3.8) is 0 Å². The summed E-state index contributed by atoms with van der Waals surface area (Å²) in [5.41, 5.74) is 1.79. The van der Waals surface area contributed by atoms with Gasteiger partial charge in [0.15, 0.2) is 0 Å². The first-order valence-electron chi connectivity index (χ1n) is 5.92. The molecule has 1 atom stereocenters. The normalized spacial score (nSPS) is 11.9. The van der Waals surface area contributed by atoms with Crippen molar-refractivity contribution in [1.29, 1.82) is 0 Å². The number of aromatic nitrogens is 1. The zero-order valence-corrected chi connectivity index (χ0v) is 10.6. The first-order chi connectivity index (χ1) is 8.70. The Bertz CT molecular complexity index is 511. The van der Waals surface area contributed by atoms with Crippen LogP contribution in [0, 0.1) is 0 Å². The molecule has 92 valence electrons. The summed E-state index contributed by atoms with van der Waals surface area (Å²) in [7, 11) is 1.82. The van der Waals surface area contributed by atoms with Crippen LogP contribution in [0.15, 0.2) is 54.9 Å². The van der Waals surface area contributed by atoms with Crippen LogP contribution in [0.3, 0.4) is 0 Å². The van der Waals surface area contributed by atoms with E-state index in [2.05, 4.69) is 4.98 Å². The summed E-state index contributed by atoms with van der Waals surface area (Å²) in [5, 5.41) is 0. The molecule has 0 bridgehead atoms.